The van der Waals surface area contributed by atoms with Gasteiger partial charge in [-0.2, -0.15) is 0 Å². The molecule has 0 aliphatic carbocycles. The number of esters is 1. The fourth-order valence-corrected chi connectivity index (χ4v) is 3.97. The molecule has 8 nitrogen and oxygen atoms in total. The van der Waals surface area contributed by atoms with Crippen molar-refractivity contribution in [1.29, 1.82) is 0 Å². The number of hydrogen-bond acceptors (Lipinski definition) is 5. The van der Waals surface area contributed by atoms with Crippen molar-refractivity contribution >= 4 is 25.7 Å². The van der Waals surface area contributed by atoms with Gasteiger partial charge in [0.1, 0.15) is 5.75 Å². The minimum absolute atomic E-state index is 0.0227. The van der Waals surface area contributed by atoms with Crippen LogP contribution in [0.5, 0.6) is 5.75 Å². The molecule has 0 atom stereocenters. The summed E-state index contributed by atoms with van der Waals surface area (Å²) in [7, 11) is -3.85. The third-order valence-corrected chi connectivity index (χ3v) is 5.89. The zero-order valence-corrected chi connectivity index (χ0v) is 20.0. The molecule has 0 aromatic heterocycles. The standard InChI is InChI=1S/C23H38NO7P/c1-2-30-23(26)16-13-18-31-22-15-10-9-14-21(22)24(20-25)17-11-7-5-3-4-6-8-12-19-32(27,28)29/h9-10,14-15,20H,2-8,11-13,16-19H2,1H3,(H2,27,28,29). The number of rotatable bonds is 19. The molecule has 1 aromatic rings. The van der Waals surface area contributed by atoms with E-state index in [1.807, 2.05) is 24.3 Å². The van der Waals surface area contributed by atoms with E-state index in [-0.39, 0.29) is 12.1 Å². The second kappa shape index (κ2) is 16.7. The number of carbonyl (C=O) groups is 2. The molecule has 0 radical (unpaired) electrons. The van der Waals surface area contributed by atoms with Crippen LogP contribution in [0.1, 0.15) is 71.1 Å². The topological polar surface area (TPSA) is 113 Å². The van der Waals surface area contributed by atoms with Crippen LogP contribution in [0.3, 0.4) is 0 Å². The molecule has 2 N–H and O–H groups in total. The Bertz CT molecular complexity index is 707. The number of anilines is 1. The van der Waals surface area contributed by atoms with Crippen LogP contribution in [-0.2, 0) is 18.9 Å². The number of hydrogen-bond donors (Lipinski definition) is 2. The van der Waals surface area contributed by atoms with Crippen LogP contribution >= 0.6 is 7.60 Å². The Morgan fingerprint density at radius 2 is 1.62 bits per heavy atom. The largest absolute Gasteiger partial charge is 0.491 e. The number of carbonyl (C=O) groups excluding carboxylic acids is 2. The molecule has 0 fully saturated rings. The highest BCUT2D eigenvalue weighted by molar-refractivity contribution is 7.51. The van der Waals surface area contributed by atoms with Crippen molar-refractivity contribution in [1.82, 2.24) is 0 Å². The second-order valence-electron chi connectivity index (χ2n) is 7.74. The SMILES string of the molecule is CCOC(=O)CCCOc1ccccc1N(C=O)CCCCCCCCCCP(=O)(O)O. The number of benzene rings is 1. The second-order valence-corrected chi connectivity index (χ2v) is 9.52. The van der Waals surface area contributed by atoms with Crippen molar-refractivity contribution in [3.63, 3.8) is 0 Å². The summed E-state index contributed by atoms with van der Waals surface area (Å²) in [6, 6.07) is 7.40. The normalized spacial score (nSPS) is 11.2. The van der Waals surface area contributed by atoms with Crippen molar-refractivity contribution in [2.75, 3.05) is 30.8 Å². The van der Waals surface area contributed by atoms with Gasteiger partial charge in [0.05, 0.1) is 18.9 Å². The average molecular weight is 472 g/mol. The minimum atomic E-state index is -3.85. The maximum Gasteiger partial charge on any atom is 0.325 e. The molecule has 9 heteroatoms. The van der Waals surface area contributed by atoms with E-state index in [1.54, 1.807) is 11.8 Å². The first kappa shape index (κ1) is 28.1. The van der Waals surface area contributed by atoms with Gasteiger partial charge in [-0.1, -0.05) is 50.7 Å². The Morgan fingerprint density at radius 1 is 1.00 bits per heavy atom. The molecule has 0 heterocycles. The van der Waals surface area contributed by atoms with Crippen LogP contribution in [0, 0.1) is 0 Å². The lowest BCUT2D eigenvalue weighted by molar-refractivity contribution is -0.143. The summed E-state index contributed by atoms with van der Waals surface area (Å²) < 4.78 is 21.5. The third-order valence-electron chi connectivity index (χ3n) is 4.99. The predicted octanol–water partition coefficient (Wildman–Crippen LogP) is 4.67. The number of nitrogens with zero attached hydrogens (tertiary/aromatic N) is 1. The Labute approximate surface area is 191 Å². The molecule has 1 amide bonds. The molecule has 0 saturated carbocycles. The van der Waals surface area contributed by atoms with Gasteiger partial charge < -0.3 is 24.2 Å². The number of ether oxygens (including phenoxy) is 2. The smallest absolute Gasteiger partial charge is 0.325 e. The van der Waals surface area contributed by atoms with Crippen LogP contribution in [0.15, 0.2) is 24.3 Å². The van der Waals surface area contributed by atoms with Crippen molar-refractivity contribution < 1.29 is 33.4 Å². The zero-order chi connectivity index (χ0) is 23.7. The Kier molecular flexibility index (Phi) is 14.7. The maximum atomic E-state index is 11.6. The molecule has 0 aliphatic heterocycles. The quantitative estimate of drug-likeness (QED) is 0.130. The monoisotopic (exact) mass is 471 g/mol. The lowest BCUT2D eigenvalue weighted by Gasteiger charge is -2.21. The average Bonchev–Trinajstić information content (AvgIpc) is 2.75. The van der Waals surface area contributed by atoms with E-state index in [0.717, 1.165) is 57.0 Å². The summed E-state index contributed by atoms with van der Waals surface area (Å²) >= 11 is 0. The summed E-state index contributed by atoms with van der Waals surface area (Å²) in [6.07, 6.45) is 9.15. The van der Waals surface area contributed by atoms with Gasteiger partial charge in [-0.05, 0) is 38.3 Å². The van der Waals surface area contributed by atoms with E-state index >= 15 is 0 Å². The van der Waals surface area contributed by atoms with Crippen molar-refractivity contribution in [2.24, 2.45) is 0 Å². The van der Waals surface area contributed by atoms with E-state index in [4.69, 9.17) is 19.3 Å². The zero-order valence-electron chi connectivity index (χ0n) is 19.1. The first-order valence-corrected chi connectivity index (χ1v) is 13.3. The molecule has 182 valence electrons. The molecule has 1 rings (SSSR count). The lowest BCUT2D eigenvalue weighted by atomic mass is 10.1. The number of para-hydroxylation sites is 2. The summed E-state index contributed by atoms with van der Waals surface area (Å²) in [5.41, 5.74) is 0.726. The Morgan fingerprint density at radius 3 is 2.25 bits per heavy atom. The third kappa shape index (κ3) is 13.5. The number of amides is 1. The van der Waals surface area contributed by atoms with Crippen LogP contribution in [0.25, 0.3) is 0 Å². The van der Waals surface area contributed by atoms with Crippen molar-refractivity contribution in [3.05, 3.63) is 24.3 Å². The highest BCUT2D eigenvalue weighted by atomic mass is 31.2. The fourth-order valence-electron chi connectivity index (χ4n) is 3.34. The van der Waals surface area contributed by atoms with Crippen LogP contribution in [0.4, 0.5) is 5.69 Å². The summed E-state index contributed by atoms with van der Waals surface area (Å²) in [6.45, 7) is 3.12. The van der Waals surface area contributed by atoms with Gasteiger partial charge in [0.15, 0.2) is 0 Å². The molecular formula is C23H38NO7P. The van der Waals surface area contributed by atoms with E-state index in [1.165, 1.54) is 0 Å². The van der Waals surface area contributed by atoms with Gasteiger partial charge in [0, 0.05) is 19.1 Å². The van der Waals surface area contributed by atoms with Crippen molar-refractivity contribution in [3.8, 4) is 5.75 Å². The van der Waals surface area contributed by atoms with Gasteiger partial charge in [-0.15, -0.1) is 0 Å². The highest BCUT2D eigenvalue weighted by Crippen LogP contribution is 2.35. The summed E-state index contributed by atoms with van der Waals surface area (Å²) in [5.74, 6) is 0.388. The predicted molar refractivity (Wildman–Crippen MR) is 125 cm³/mol. The first-order valence-electron chi connectivity index (χ1n) is 11.5. The van der Waals surface area contributed by atoms with E-state index in [0.29, 0.717) is 44.8 Å². The van der Waals surface area contributed by atoms with Gasteiger partial charge in [0.2, 0.25) is 6.41 Å². The molecule has 32 heavy (non-hydrogen) atoms. The molecule has 0 bridgehead atoms. The molecule has 0 spiro atoms. The molecular weight excluding hydrogens is 433 g/mol. The lowest BCUT2D eigenvalue weighted by Crippen LogP contribution is -2.23. The van der Waals surface area contributed by atoms with E-state index in [9.17, 15) is 14.2 Å². The first-order chi connectivity index (χ1) is 15.4. The Hall–Kier alpha value is -1.89. The summed E-state index contributed by atoms with van der Waals surface area (Å²) in [5, 5.41) is 0. The molecule has 0 saturated heterocycles. The van der Waals surface area contributed by atoms with Gasteiger partial charge >= 0.3 is 13.6 Å². The van der Waals surface area contributed by atoms with Gasteiger partial charge in [-0.3, -0.25) is 14.2 Å². The van der Waals surface area contributed by atoms with Crippen LogP contribution in [-0.4, -0.2) is 48.1 Å². The van der Waals surface area contributed by atoms with Crippen molar-refractivity contribution in [2.45, 2.75) is 71.1 Å². The van der Waals surface area contributed by atoms with E-state index in [2.05, 4.69) is 0 Å². The number of unbranched alkanes of at least 4 members (excludes halogenated alkanes) is 7. The van der Waals surface area contributed by atoms with E-state index < -0.39 is 7.60 Å². The van der Waals surface area contributed by atoms with Gasteiger partial charge in [-0.25, -0.2) is 0 Å². The molecule has 0 aliphatic rings. The van der Waals surface area contributed by atoms with Gasteiger partial charge in [0.25, 0.3) is 0 Å². The Balaban J connectivity index is 2.27. The molecule has 1 aromatic carbocycles. The minimum Gasteiger partial charge on any atom is -0.491 e. The van der Waals surface area contributed by atoms with Crippen LogP contribution < -0.4 is 9.64 Å². The summed E-state index contributed by atoms with van der Waals surface area (Å²) in [4.78, 5) is 42.4. The highest BCUT2D eigenvalue weighted by Gasteiger charge is 2.12. The molecule has 0 unspecified atom stereocenters. The fraction of sp³-hybridized carbons (Fsp3) is 0.652. The van der Waals surface area contributed by atoms with Crippen LogP contribution in [0.2, 0.25) is 0 Å². The maximum absolute atomic E-state index is 11.6.